The predicted octanol–water partition coefficient (Wildman–Crippen LogP) is 4.21. The molecule has 0 aromatic heterocycles. The topological polar surface area (TPSA) is 12.0 Å². The van der Waals surface area contributed by atoms with Crippen molar-refractivity contribution in [2.24, 2.45) is 0 Å². The number of hydrogen-bond donors (Lipinski definition) is 1. The van der Waals surface area contributed by atoms with Gasteiger partial charge in [-0.15, -0.1) is 6.58 Å². The Kier molecular flexibility index (Phi) is 6.73. The normalized spacial score (nSPS) is 8.13. The van der Waals surface area contributed by atoms with Crippen LogP contribution in [0.1, 0.15) is 18.1 Å². The minimum atomic E-state index is 1.09. The lowest BCUT2D eigenvalue weighted by Gasteiger charge is -2.04. The smallest absolute Gasteiger partial charge is 0.0343 e. The summed E-state index contributed by atoms with van der Waals surface area (Å²) in [6.07, 6.45) is 5.41. The molecule has 0 unspecified atom stereocenters. The van der Waals surface area contributed by atoms with E-state index in [2.05, 4.69) is 25.1 Å². The second kappa shape index (κ2) is 7.63. The summed E-state index contributed by atoms with van der Waals surface area (Å²) < 4.78 is 0. The highest BCUT2D eigenvalue weighted by atomic mass is 14.8. The summed E-state index contributed by atoms with van der Waals surface area (Å²) in [6.45, 7) is 12.7. The maximum absolute atomic E-state index is 3.74. The molecule has 0 aliphatic rings. The zero-order valence-electron chi connectivity index (χ0n) is 9.59. The van der Waals surface area contributed by atoms with Crippen molar-refractivity contribution in [2.45, 2.75) is 6.92 Å². The number of hydrogen-bond acceptors (Lipinski definition) is 1. The molecule has 80 valence electrons. The minimum Gasteiger partial charge on any atom is -0.388 e. The van der Waals surface area contributed by atoms with Gasteiger partial charge in [0.05, 0.1) is 0 Å². The average molecular weight is 201 g/mol. The van der Waals surface area contributed by atoms with Crippen molar-refractivity contribution in [1.82, 2.24) is 0 Å². The van der Waals surface area contributed by atoms with Gasteiger partial charge in [0.2, 0.25) is 0 Å². The Labute approximate surface area is 92.8 Å². The largest absolute Gasteiger partial charge is 0.388 e. The zero-order chi connectivity index (χ0) is 11.7. The highest BCUT2D eigenvalue weighted by molar-refractivity contribution is 5.67. The molecule has 0 atom stereocenters. The summed E-state index contributed by atoms with van der Waals surface area (Å²) in [5, 5.41) is 3.07. The highest BCUT2D eigenvalue weighted by Crippen LogP contribution is 2.17. The molecule has 0 spiro atoms. The molecule has 0 saturated carbocycles. The van der Waals surface area contributed by atoms with Gasteiger partial charge >= 0.3 is 0 Å². The third-order valence-electron chi connectivity index (χ3n) is 1.82. The second-order valence-corrected chi connectivity index (χ2v) is 2.91. The van der Waals surface area contributed by atoms with Crippen molar-refractivity contribution in [2.75, 3.05) is 12.4 Å². The van der Waals surface area contributed by atoms with Gasteiger partial charge in [0, 0.05) is 12.7 Å². The van der Waals surface area contributed by atoms with E-state index < -0.39 is 0 Å². The summed E-state index contributed by atoms with van der Waals surface area (Å²) in [5.41, 5.74) is 3.32. The summed E-state index contributed by atoms with van der Waals surface area (Å²) in [4.78, 5) is 0. The fourth-order valence-corrected chi connectivity index (χ4v) is 1.09. The van der Waals surface area contributed by atoms with Crippen molar-refractivity contribution >= 4 is 17.8 Å². The Hall–Kier alpha value is -1.76. The second-order valence-electron chi connectivity index (χ2n) is 2.91. The first-order valence-corrected chi connectivity index (χ1v) is 4.87. The molecule has 1 heteroatoms. The summed E-state index contributed by atoms with van der Waals surface area (Å²) >= 11 is 0. The third kappa shape index (κ3) is 4.32. The van der Waals surface area contributed by atoms with Crippen LogP contribution in [0.25, 0.3) is 12.2 Å². The summed E-state index contributed by atoms with van der Waals surface area (Å²) in [6, 6.07) is 6.09. The van der Waals surface area contributed by atoms with Crippen LogP contribution < -0.4 is 5.32 Å². The number of rotatable bonds is 3. The Bertz CT molecular complexity index is 337. The fraction of sp³-hybridized carbons (Fsp3) is 0.143. The van der Waals surface area contributed by atoms with E-state index in [-0.39, 0.29) is 0 Å². The van der Waals surface area contributed by atoms with E-state index in [1.807, 2.05) is 44.3 Å². The molecule has 0 aliphatic heterocycles. The lowest BCUT2D eigenvalue weighted by Crippen LogP contribution is -1.89. The minimum absolute atomic E-state index is 1.09. The van der Waals surface area contributed by atoms with Gasteiger partial charge in [-0.05, 0) is 30.2 Å². The molecule has 15 heavy (non-hydrogen) atoms. The molecule has 0 aliphatic carbocycles. The van der Waals surface area contributed by atoms with Crippen LogP contribution >= 0.6 is 0 Å². The lowest BCUT2D eigenvalue weighted by atomic mass is 10.1. The number of allylic oxidation sites excluding steroid dienone is 1. The van der Waals surface area contributed by atoms with Gasteiger partial charge in [-0.1, -0.05) is 37.5 Å². The SMILES string of the molecule is C=CC.C=Cc1ccc(NC)cc1C=C. The van der Waals surface area contributed by atoms with Crippen LogP contribution in [-0.4, -0.2) is 7.05 Å². The van der Waals surface area contributed by atoms with Crippen molar-refractivity contribution in [3.8, 4) is 0 Å². The van der Waals surface area contributed by atoms with E-state index in [0.717, 1.165) is 16.8 Å². The van der Waals surface area contributed by atoms with Crippen molar-refractivity contribution in [3.05, 3.63) is 55.1 Å². The molecule has 1 rings (SSSR count). The molecule has 0 saturated heterocycles. The molecule has 0 bridgehead atoms. The molecule has 0 fully saturated rings. The lowest BCUT2D eigenvalue weighted by molar-refractivity contribution is 1.49. The Morgan fingerprint density at radius 1 is 1.07 bits per heavy atom. The quantitative estimate of drug-likeness (QED) is 0.722. The van der Waals surface area contributed by atoms with E-state index in [1.165, 1.54) is 0 Å². The fourth-order valence-electron chi connectivity index (χ4n) is 1.09. The van der Waals surface area contributed by atoms with E-state index in [1.54, 1.807) is 6.08 Å². The Morgan fingerprint density at radius 2 is 1.60 bits per heavy atom. The molecule has 1 aromatic carbocycles. The molecular formula is C14H19N. The van der Waals surface area contributed by atoms with E-state index in [4.69, 9.17) is 0 Å². The number of anilines is 1. The van der Waals surface area contributed by atoms with E-state index in [0.29, 0.717) is 0 Å². The van der Waals surface area contributed by atoms with Crippen molar-refractivity contribution < 1.29 is 0 Å². The first kappa shape index (κ1) is 13.2. The monoisotopic (exact) mass is 201 g/mol. The van der Waals surface area contributed by atoms with Crippen LogP contribution in [0.2, 0.25) is 0 Å². The van der Waals surface area contributed by atoms with Gasteiger partial charge in [-0.2, -0.15) is 0 Å². The summed E-state index contributed by atoms with van der Waals surface area (Å²) in [7, 11) is 1.90. The molecule has 0 heterocycles. The molecule has 0 amide bonds. The van der Waals surface area contributed by atoms with Gasteiger partial charge in [-0.25, -0.2) is 0 Å². The van der Waals surface area contributed by atoms with Crippen LogP contribution in [0.15, 0.2) is 44.0 Å². The van der Waals surface area contributed by atoms with E-state index >= 15 is 0 Å². The zero-order valence-corrected chi connectivity index (χ0v) is 9.59. The maximum atomic E-state index is 3.74. The average Bonchev–Trinajstić information content (AvgIpc) is 2.29. The van der Waals surface area contributed by atoms with Gasteiger partial charge in [-0.3, -0.25) is 0 Å². The van der Waals surface area contributed by atoms with Crippen LogP contribution in [-0.2, 0) is 0 Å². The van der Waals surface area contributed by atoms with E-state index in [9.17, 15) is 0 Å². The van der Waals surface area contributed by atoms with Crippen LogP contribution in [0.4, 0.5) is 5.69 Å². The highest BCUT2D eigenvalue weighted by Gasteiger charge is 1.95. The maximum Gasteiger partial charge on any atom is 0.0343 e. The molecule has 1 aromatic rings. The Balaban J connectivity index is 0.000000583. The molecule has 0 radical (unpaired) electrons. The summed E-state index contributed by atoms with van der Waals surface area (Å²) in [5.74, 6) is 0. The molecule has 1 nitrogen and oxygen atoms in total. The predicted molar refractivity (Wildman–Crippen MR) is 72.0 cm³/mol. The van der Waals surface area contributed by atoms with Gasteiger partial charge < -0.3 is 5.32 Å². The number of nitrogens with one attached hydrogen (secondary N) is 1. The van der Waals surface area contributed by atoms with Gasteiger partial charge in [0.25, 0.3) is 0 Å². The molecule has 1 N–H and O–H groups in total. The van der Waals surface area contributed by atoms with Crippen LogP contribution in [0.3, 0.4) is 0 Å². The van der Waals surface area contributed by atoms with Crippen molar-refractivity contribution in [1.29, 1.82) is 0 Å². The van der Waals surface area contributed by atoms with Gasteiger partial charge in [0.1, 0.15) is 0 Å². The van der Waals surface area contributed by atoms with Crippen molar-refractivity contribution in [3.63, 3.8) is 0 Å². The molecular weight excluding hydrogens is 182 g/mol. The van der Waals surface area contributed by atoms with Gasteiger partial charge in [0.15, 0.2) is 0 Å². The first-order valence-electron chi connectivity index (χ1n) is 4.87. The van der Waals surface area contributed by atoms with Crippen LogP contribution in [0, 0.1) is 0 Å². The first-order chi connectivity index (χ1) is 7.23. The third-order valence-corrected chi connectivity index (χ3v) is 1.82. The van der Waals surface area contributed by atoms with Crippen LogP contribution in [0.5, 0.6) is 0 Å². The standard InChI is InChI=1S/C11H13N.C3H6/c1-4-9-6-7-11(12-3)8-10(9)5-2;1-3-2/h4-8,12H,1-2H2,3H3;3H,1H2,2H3. The Morgan fingerprint density at radius 3 is 2.00 bits per heavy atom. The number of benzene rings is 1.